The van der Waals surface area contributed by atoms with Gasteiger partial charge in [-0.05, 0) is 66.2 Å². The van der Waals surface area contributed by atoms with Gasteiger partial charge in [-0.2, -0.15) is 0 Å². The Morgan fingerprint density at radius 3 is 2.58 bits per heavy atom. The van der Waals surface area contributed by atoms with Crippen LogP contribution in [0.2, 0.25) is 0 Å². The lowest BCUT2D eigenvalue weighted by molar-refractivity contribution is 0.384. The third-order valence-electron chi connectivity index (χ3n) is 3.85. The molecular weight excluding hydrogens is 306 g/mol. The van der Waals surface area contributed by atoms with E-state index in [0.29, 0.717) is 6.04 Å². The molecule has 1 aromatic carbocycles. The minimum absolute atomic E-state index is 0.630. The molecule has 0 bridgehead atoms. The third-order valence-corrected chi connectivity index (χ3v) is 4.60. The number of nitrogens with one attached hydrogen (secondary N) is 1. The second-order valence-corrected chi connectivity index (χ2v) is 5.84. The van der Waals surface area contributed by atoms with Crippen molar-refractivity contribution in [1.29, 1.82) is 0 Å². The van der Waals surface area contributed by atoms with Gasteiger partial charge in [-0.1, -0.05) is 6.07 Å². The molecule has 0 aliphatic heterocycles. The van der Waals surface area contributed by atoms with Crippen LogP contribution in [0.5, 0.6) is 11.5 Å². The Morgan fingerprint density at radius 2 is 2.05 bits per heavy atom. The van der Waals surface area contributed by atoms with Gasteiger partial charge in [-0.15, -0.1) is 0 Å². The monoisotopic (exact) mass is 327 g/mol. The molecule has 3 nitrogen and oxygen atoms in total. The number of rotatable bonds is 7. The Kier molecular flexibility index (Phi) is 5.11. The van der Waals surface area contributed by atoms with Crippen LogP contribution in [0.15, 0.2) is 16.6 Å². The maximum atomic E-state index is 5.51. The first-order chi connectivity index (χ1) is 9.21. The van der Waals surface area contributed by atoms with Gasteiger partial charge < -0.3 is 14.8 Å². The lowest BCUT2D eigenvalue weighted by Crippen LogP contribution is -2.27. The van der Waals surface area contributed by atoms with Crippen LogP contribution >= 0.6 is 15.9 Å². The quantitative estimate of drug-likeness (QED) is 0.832. The highest BCUT2D eigenvalue weighted by Crippen LogP contribution is 2.39. The van der Waals surface area contributed by atoms with E-state index in [1.54, 1.807) is 14.2 Å². The molecule has 1 aliphatic rings. The molecule has 0 amide bonds. The van der Waals surface area contributed by atoms with Crippen molar-refractivity contribution in [3.05, 3.63) is 22.2 Å². The van der Waals surface area contributed by atoms with Gasteiger partial charge in [0.1, 0.15) is 16.0 Å². The molecule has 19 heavy (non-hydrogen) atoms. The summed E-state index contributed by atoms with van der Waals surface area (Å²) in [5, 5.41) is 3.43. The summed E-state index contributed by atoms with van der Waals surface area (Å²) in [5.74, 6) is 2.58. The molecule has 2 rings (SSSR count). The minimum Gasteiger partial charge on any atom is -0.495 e. The average Bonchev–Trinajstić information content (AvgIpc) is 3.24. The Labute approximate surface area is 123 Å². The van der Waals surface area contributed by atoms with Crippen molar-refractivity contribution in [1.82, 2.24) is 5.32 Å². The number of halogens is 1. The van der Waals surface area contributed by atoms with Crippen molar-refractivity contribution in [3.63, 3.8) is 0 Å². The van der Waals surface area contributed by atoms with Gasteiger partial charge in [-0.3, -0.25) is 0 Å². The van der Waals surface area contributed by atoms with Crippen LogP contribution < -0.4 is 14.8 Å². The Hall–Kier alpha value is -0.740. The summed E-state index contributed by atoms with van der Waals surface area (Å²) in [4.78, 5) is 0. The normalized spacial score (nSPS) is 16.2. The summed E-state index contributed by atoms with van der Waals surface area (Å²) in [5.41, 5.74) is 1.23. The molecule has 0 spiro atoms. The van der Waals surface area contributed by atoms with Crippen LogP contribution in [0.1, 0.15) is 24.8 Å². The van der Waals surface area contributed by atoms with E-state index >= 15 is 0 Å². The molecule has 0 radical (unpaired) electrons. The third kappa shape index (κ3) is 3.42. The number of benzene rings is 1. The van der Waals surface area contributed by atoms with E-state index in [-0.39, 0.29) is 0 Å². The van der Waals surface area contributed by atoms with Gasteiger partial charge in [0.2, 0.25) is 0 Å². The first-order valence-corrected chi connectivity index (χ1v) is 7.57. The SMILES string of the molecule is CNC(CCc1ccc(OC)c(Br)c1OC)C1CC1. The number of hydrogen-bond acceptors (Lipinski definition) is 3. The summed E-state index contributed by atoms with van der Waals surface area (Å²) in [6.07, 6.45) is 4.91. The lowest BCUT2D eigenvalue weighted by Gasteiger charge is -2.17. The molecule has 1 unspecified atom stereocenters. The van der Waals surface area contributed by atoms with Crippen molar-refractivity contribution in [2.75, 3.05) is 21.3 Å². The highest BCUT2D eigenvalue weighted by atomic mass is 79.9. The molecule has 1 aromatic rings. The van der Waals surface area contributed by atoms with Gasteiger partial charge >= 0.3 is 0 Å². The van der Waals surface area contributed by atoms with Gasteiger partial charge in [0, 0.05) is 6.04 Å². The van der Waals surface area contributed by atoms with Crippen LogP contribution in [0.25, 0.3) is 0 Å². The largest absolute Gasteiger partial charge is 0.495 e. The molecule has 1 fully saturated rings. The molecule has 1 saturated carbocycles. The van der Waals surface area contributed by atoms with Gasteiger partial charge in [0.05, 0.1) is 14.2 Å². The minimum atomic E-state index is 0.630. The van der Waals surface area contributed by atoms with Crippen molar-refractivity contribution >= 4 is 15.9 Å². The van der Waals surface area contributed by atoms with Crippen LogP contribution in [0, 0.1) is 5.92 Å². The zero-order valence-electron chi connectivity index (χ0n) is 11.8. The molecular formula is C15H22BrNO2. The van der Waals surface area contributed by atoms with E-state index in [9.17, 15) is 0 Å². The van der Waals surface area contributed by atoms with E-state index in [1.807, 2.05) is 6.07 Å². The van der Waals surface area contributed by atoms with Gasteiger partial charge in [0.15, 0.2) is 0 Å². The molecule has 0 heterocycles. The molecule has 1 aliphatic carbocycles. The second kappa shape index (κ2) is 6.62. The molecule has 1 atom stereocenters. The van der Waals surface area contributed by atoms with Crippen molar-refractivity contribution < 1.29 is 9.47 Å². The maximum absolute atomic E-state index is 5.51. The van der Waals surface area contributed by atoms with Gasteiger partial charge in [-0.25, -0.2) is 0 Å². The Bertz CT molecular complexity index is 432. The predicted molar refractivity (Wildman–Crippen MR) is 81.1 cm³/mol. The van der Waals surface area contributed by atoms with Gasteiger partial charge in [0.25, 0.3) is 0 Å². The van der Waals surface area contributed by atoms with Crippen LogP contribution in [-0.2, 0) is 6.42 Å². The topological polar surface area (TPSA) is 30.5 Å². The Balaban J connectivity index is 2.08. The van der Waals surface area contributed by atoms with Crippen molar-refractivity contribution in [2.24, 2.45) is 5.92 Å². The van der Waals surface area contributed by atoms with Crippen LogP contribution in [-0.4, -0.2) is 27.3 Å². The van der Waals surface area contributed by atoms with Crippen molar-refractivity contribution in [3.8, 4) is 11.5 Å². The van der Waals surface area contributed by atoms with E-state index in [4.69, 9.17) is 9.47 Å². The van der Waals surface area contributed by atoms with Crippen molar-refractivity contribution in [2.45, 2.75) is 31.7 Å². The lowest BCUT2D eigenvalue weighted by atomic mass is 10.0. The predicted octanol–water partition coefficient (Wildman–Crippen LogP) is 3.40. The smallest absolute Gasteiger partial charge is 0.139 e. The highest BCUT2D eigenvalue weighted by Gasteiger charge is 2.29. The molecule has 0 aromatic heterocycles. The number of hydrogen-bond donors (Lipinski definition) is 1. The average molecular weight is 328 g/mol. The Morgan fingerprint density at radius 1 is 1.32 bits per heavy atom. The molecule has 0 saturated heterocycles. The first kappa shape index (κ1) is 14.7. The maximum Gasteiger partial charge on any atom is 0.139 e. The fourth-order valence-electron chi connectivity index (χ4n) is 2.58. The summed E-state index contributed by atoms with van der Waals surface area (Å²) in [7, 11) is 5.44. The van der Waals surface area contributed by atoms with E-state index < -0.39 is 0 Å². The first-order valence-electron chi connectivity index (χ1n) is 6.77. The number of aryl methyl sites for hydroxylation is 1. The zero-order chi connectivity index (χ0) is 13.8. The fourth-order valence-corrected chi connectivity index (χ4v) is 3.29. The summed E-state index contributed by atoms with van der Waals surface area (Å²) in [6.45, 7) is 0. The summed E-state index contributed by atoms with van der Waals surface area (Å²) in [6, 6.07) is 4.72. The van der Waals surface area contributed by atoms with Crippen LogP contribution in [0.4, 0.5) is 0 Å². The molecule has 1 N–H and O–H groups in total. The highest BCUT2D eigenvalue weighted by molar-refractivity contribution is 9.10. The zero-order valence-corrected chi connectivity index (χ0v) is 13.4. The summed E-state index contributed by atoms with van der Waals surface area (Å²) < 4.78 is 11.7. The van der Waals surface area contributed by atoms with E-state index in [0.717, 1.165) is 34.7 Å². The standard InChI is InChI=1S/C15H22BrNO2/c1-17-12(10-4-5-10)8-6-11-7-9-13(18-2)14(16)15(11)19-3/h7,9-10,12,17H,4-6,8H2,1-3H3. The van der Waals surface area contributed by atoms with E-state index in [1.165, 1.54) is 18.4 Å². The fraction of sp³-hybridized carbons (Fsp3) is 0.600. The van der Waals surface area contributed by atoms with E-state index in [2.05, 4.69) is 34.4 Å². The molecule has 4 heteroatoms. The van der Waals surface area contributed by atoms with Crippen LogP contribution in [0.3, 0.4) is 0 Å². The number of methoxy groups -OCH3 is 2. The number of ether oxygens (including phenoxy) is 2. The second-order valence-electron chi connectivity index (χ2n) is 5.05. The summed E-state index contributed by atoms with van der Waals surface area (Å²) >= 11 is 3.55. The molecule has 106 valence electrons.